The van der Waals surface area contributed by atoms with Crippen molar-refractivity contribution in [3.63, 3.8) is 0 Å². The van der Waals surface area contributed by atoms with E-state index in [-0.39, 0.29) is 5.84 Å². The van der Waals surface area contributed by atoms with E-state index in [1.165, 1.54) is 5.56 Å². The molecular formula is C15H21N5. The van der Waals surface area contributed by atoms with E-state index < -0.39 is 0 Å². The van der Waals surface area contributed by atoms with Crippen molar-refractivity contribution < 1.29 is 0 Å². The highest BCUT2D eigenvalue weighted by Crippen LogP contribution is 2.07. The van der Waals surface area contributed by atoms with Gasteiger partial charge in [-0.2, -0.15) is 0 Å². The number of nitrogen functional groups attached to an aromatic ring is 1. The number of nitrogens with zero attached hydrogens (tertiary/aromatic N) is 3. The van der Waals surface area contributed by atoms with Crippen LogP contribution in [0.3, 0.4) is 0 Å². The Labute approximate surface area is 119 Å². The molecule has 0 fully saturated rings. The zero-order valence-corrected chi connectivity index (χ0v) is 12.0. The van der Waals surface area contributed by atoms with Gasteiger partial charge in [-0.15, -0.1) is 0 Å². The van der Waals surface area contributed by atoms with Crippen LogP contribution < -0.4 is 5.73 Å². The average Bonchev–Trinajstić information content (AvgIpc) is 2.82. The molecule has 106 valence electrons. The number of rotatable bonds is 6. The lowest BCUT2D eigenvalue weighted by atomic mass is 10.1. The van der Waals surface area contributed by atoms with Gasteiger partial charge >= 0.3 is 0 Å². The van der Waals surface area contributed by atoms with E-state index >= 15 is 0 Å². The molecule has 0 unspecified atom stereocenters. The summed E-state index contributed by atoms with van der Waals surface area (Å²) in [6.07, 6.45) is 3.82. The smallest absolute Gasteiger partial charge is 0.122 e. The fourth-order valence-corrected chi connectivity index (χ4v) is 2.15. The average molecular weight is 271 g/mol. The molecular weight excluding hydrogens is 250 g/mol. The number of nitrogens with two attached hydrogens (primary N) is 1. The van der Waals surface area contributed by atoms with Crippen LogP contribution in [0, 0.1) is 12.3 Å². The molecule has 0 aliphatic heterocycles. The number of imidazole rings is 1. The minimum atomic E-state index is 0.114. The lowest BCUT2D eigenvalue weighted by Gasteiger charge is -2.18. The molecule has 2 rings (SSSR count). The molecule has 0 saturated carbocycles. The molecule has 0 saturated heterocycles. The van der Waals surface area contributed by atoms with Crippen LogP contribution in [0.2, 0.25) is 0 Å². The van der Waals surface area contributed by atoms with Crippen molar-refractivity contribution in [3.8, 4) is 0 Å². The Balaban J connectivity index is 1.91. The van der Waals surface area contributed by atoms with E-state index in [1.807, 2.05) is 37.5 Å². The normalized spacial score (nSPS) is 10.9. The van der Waals surface area contributed by atoms with Crippen molar-refractivity contribution >= 4 is 5.84 Å². The highest BCUT2D eigenvalue weighted by atomic mass is 15.1. The number of hydrogen-bond donors (Lipinski definition) is 2. The summed E-state index contributed by atoms with van der Waals surface area (Å²) >= 11 is 0. The van der Waals surface area contributed by atoms with E-state index in [2.05, 4.69) is 27.6 Å². The van der Waals surface area contributed by atoms with E-state index in [4.69, 9.17) is 11.1 Å². The largest absolute Gasteiger partial charge is 0.384 e. The topological polar surface area (TPSA) is 70.9 Å². The minimum Gasteiger partial charge on any atom is -0.384 e. The molecule has 0 atom stereocenters. The van der Waals surface area contributed by atoms with Crippen molar-refractivity contribution in [2.75, 3.05) is 13.6 Å². The predicted molar refractivity (Wildman–Crippen MR) is 80.8 cm³/mol. The SMILES string of the molecule is Cc1nccn1CCN(C)Cc1cccc(C(=N)N)c1. The first-order valence-electron chi connectivity index (χ1n) is 6.66. The van der Waals surface area contributed by atoms with Crippen LogP contribution in [0.5, 0.6) is 0 Å². The Bertz CT molecular complexity index is 587. The van der Waals surface area contributed by atoms with Crippen LogP contribution in [0.1, 0.15) is 17.0 Å². The Morgan fingerprint density at radius 1 is 1.45 bits per heavy atom. The Kier molecular flexibility index (Phi) is 4.53. The maximum atomic E-state index is 7.47. The number of benzene rings is 1. The maximum Gasteiger partial charge on any atom is 0.122 e. The second-order valence-corrected chi connectivity index (χ2v) is 5.02. The second-order valence-electron chi connectivity index (χ2n) is 5.02. The molecule has 0 bridgehead atoms. The van der Waals surface area contributed by atoms with Crippen LogP contribution in [0.15, 0.2) is 36.7 Å². The van der Waals surface area contributed by atoms with Crippen LogP contribution in [0.25, 0.3) is 0 Å². The summed E-state index contributed by atoms with van der Waals surface area (Å²) in [5.41, 5.74) is 7.46. The highest BCUT2D eigenvalue weighted by molar-refractivity contribution is 5.95. The molecule has 20 heavy (non-hydrogen) atoms. The molecule has 0 amide bonds. The van der Waals surface area contributed by atoms with E-state index in [1.54, 1.807) is 0 Å². The first kappa shape index (κ1) is 14.3. The van der Waals surface area contributed by atoms with Gasteiger partial charge in [0, 0.05) is 37.6 Å². The Hall–Kier alpha value is -2.14. The van der Waals surface area contributed by atoms with Gasteiger partial charge < -0.3 is 15.2 Å². The van der Waals surface area contributed by atoms with Crippen molar-refractivity contribution in [3.05, 3.63) is 53.6 Å². The number of aromatic nitrogens is 2. The first-order chi connectivity index (χ1) is 9.56. The molecule has 0 aliphatic carbocycles. The van der Waals surface area contributed by atoms with Gasteiger partial charge in [0.15, 0.2) is 0 Å². The zero-order valence-electron chi connectivity index (χ0n) is 12.0. The summed E-state index contributed by atoms with van der Waals surface area (Å²) in [5.74, 6) is 1.15. The fraction of sp³-hybridized carbons (Fsp3) is 0.333. The maximum absolute atomic E-state index is 7.47. The van der Waals surface area contributed by atoms with Gasteiger partial charge in [0.25, 0.3) is 0 Å². The van der Waals surface area contributed by atoms with Crippen molar-refractivity contribution in [1.29, 1.82) is 5.41 Å². The third kappa shape index (κ3) is 3.68. The van der Waals surface area contributed by atoms with Crippen LogP contribution in [-0.4, -0.2) is 33.9 Å². The number of aryl methyl sites for hydroxylation is 1. The third-order valence-corrected chi connectivity index (χ3v) is 3.34. The lowest BCUT2D eigenvalue weighted by molar-refractivity contribution is 0.310. The molecule has 0 spiro atoms. The molecule has 5 heteroatoms. The Morgan fingerprint density at radius 2 is 2.25 bits per heavy atom. The molecule has 1 heterocycles. The van der Waals surface area contributed by atoms with Gasteiger partial charge in [0.05, 0.1) is 0 Å². The molecule has 5 nitrogen and oxygen atoms in total. The fourth-order valence-electron chi connectivity index (χ4n) is 2.15. The summed E-state index contributed by atoms with van der Waals surface area (Å²) in [5, 5.41) is 7.47. The monoisotopic (exact) mass is 271 g/mol. The van der Waals surface area contributed by atoms with Crippen molar-refractivity contribution in [2.24, 2.45) is 5.73 Å². The highest BCUT2D eigenvalue weighted by Gasteiger charge is 2.04. The molecule has 0 aliphatic rings. The summed E-state index contributed by atoms with van der Waals surface area (Å²) in [6, 6.07) is 7.84. The summed E-state index contributed by atoms with van der Waals surface area (Å²) in [4.78, 5) is 6.47. The number of amidine groups is 1. The molecule has 1 aromatic heterocycles. The predicted octanol–water partition coefficient (Wildman–Crippen LogP) is 1.61. The molecule has 1 aromatic carbocycles. The van der Waals surface area contributed by atoms with Crippen LogP contribution >= 0.6 is 0 Å². The molecule has 0 radical (unpaired) electrons. The lowest BCUT2D eigenvalue weighted by Crippen LogP contribution is -2.23. The number of likely N-dealkylation sites (N-methyl/N-ethyl adjacent to an activating group) is 1. The van der Waals surface area contributed by atoms with Crippen molar-refractivity contribution in [2.45, 2.75) is 20.0 Å². The van der Waals surface area contributed by atoms with Gasteiger partial charge in [-0.3, -0.25) is 5.41 Å². The number of hydrogen-bond acceptors (Lipinski definition) is 3. The van der Waals surface area contributed by atoms with Crippen LogP contribution in [-0.2, 0) is 13.1 Å². The second kappa shape index (κ2) is 6.34. The van der Waals surface area contributed by atoms with Crippen LogP contribution in [0.4, 0.5) is 0 Å². The van der Waals surface area contributed by atoms with E-state index in [0.29, 0.717) is 0 Å². The zero-order chi connectivity index (χ0) is 14.5. The first-order valence-corrected chi connectivity index (χ1v) is 6.66. The van der Waals surface area contributed by atoms with E-state index in [9.17, 15) is 0 Å². The quantitative estimate of drug-likeness (QED) is 0.619. The molecule has 2 aromatic rings. The number of nitrogens with one attached hydrogen (secondary N) is 1. The summed E-state index contributed by atoms with van der Waals surface area (Å²) in [7, 11) is 2.09. The van der Waals surface area contributed by atoms with Gasteiger partial charge in [-0.1, -0.05) is 18.2 Å². The van der Waals surface area contributed by atoms with Gasteiger partial charge in [-0.05, 0) is 25.6 Å². The molecule has 3 N–H and O–H groups in total. The standard InChI is InChI=1S/C15H21N5/c1-12-18-6-7-20(12)9-8-19(2)11-13-4-3-5-14(10-13)15(16)17/h3-7,10H,8-9,11H2,1-2H3,(H3,16,17). The van der Waals surface area contributed by atoms with Gasteiger partial charge in [0.1, 0.15) is 11.7 Å². The van der Waals surface area contributed by atoms with Crippen molar-refractivity contribution in [1.82, 2.24) is 14.5 Å². The third-order valence-electron chi connectivity index (χ3n) is 3.34. The Morgan fingerprint density at radius 3 is 2.90 bits per heavy atom. The van der Waals surface area contributed by atoms with Gasteiger partial charge in [0.2, 0.25) is 0 Å². The van der Waals surface area contributed by atoms with Gasteiger partial charge in [-0.25, -0.2) is 4.98 Å². The minimum absolute atomic E-state index is 0.114. The summed E-state index contributed by atoms with van der Waals surface area (Å²) in [6.45, 7) is 4.72. The van der Waals surface area contributed by atoms with E-state index in [0.717, 1.165) is 31.0 Å². The summed E-state index contributed by atoms with van der Waals surface area (Å²) < 4.78 is 2.14.